The van der Waals surface area contributed by atoms with E-state index in [4.69, 9.17) is 0 Å². The number of likely N-dealkylation sites (N-methyl/N-ethyl adjacent to an activating group) is 1. The third-order valence-electron chi connectivity index (χ3n) is 5.91. The van der Waals surface area contributed by atoms with Gasteiger partial charge in [0.05, 0.1) is 17.1 Å². The molecule has 1 N–H and O–H groups in total. The van der Waals surface area contributed by atoms with Crippen molar-refractivity contribution >= 4 is 21.9 Å². The number of carbonyl (C=O) groups is 1. The second kappa shape index (κ2) is 11.7. The van der Waals surface area contributed by atoms with Crippen LogP contribution in [0, 0.1) is 12.7 Å². The van der Waals surface area contributed by atoms with Crippen LogP contribution in [0.25, 0.3) is 16.9 Å². The number of halogens is 1. The number of aryl methyl sites for hydroxylation is 1. The Morgan fingerprint density at radius 1 is 0.947 bits per heavy atom. The third-order valence-corrected chi connectivity index (χ3v) is 7.77. The Labute approximate surface area is 222 Å². The van der Waals surface area contributed by atoms with Gasteiger partial charge in [0.15, 0.2) is 0 Å². The first-order valence-electron chi connectivity index (χ1n) is 12.1. The quantitative estimate of drug-likeness (QED) is 0.329. The minimum atomic E-state index is -3.93. The first kappa shape index (κ1) is 27.2. The van der Waals surface area contributed by atoms with E-state index in [9.17, 15) is 17.6 Å². The van der Waals surface area contributed by atoms with Crippen molar-refractivity contribution in [2.75, 3.05) is 39.0 Å². The predicted molar refractivity (Wildman–Crippen MR) is 146 cm³/mol. The number of aromatic nitrogens is 2. The molecule has 0 radical (unpaired) electrons. The summed E-state index contributed by atoms with van der Waals surface area (Å²) in [6, 6.07) is 21.7. The van der Waals surface area contributed by atoms with Gasteiger partial charge in [0.25, 0.3) is 0 Å². The molecule has 1 amide bonds. The summed E-state index contributed by atoms with van der Waals surface area (Å²) in [6.45, 7) is 2.03. The summed E-state index contributed by atoms with van der Waals surface area (Å²) < 4.78 is 43.2. The van der Waals surface area contributed by atoms with Gasteiger partial charge < -0.3 is 4.90 Å². The predicted octanol–water partition coefficient (Wildman–Crippen LogP) is 4.18. The van der Waals surface area contributed by atoms with Crippen LogP contribution in [0.4, 0.5) is 10.3 Å². The van der Waals surface area contributed by atoms with E-state index < -0.39 is 22.5 Å². The van der Waals surface area contributed by atoms with E-state index in [0.29, 0.717) is 17.9 Å². The molecule has 0 aliphatic rings. The average Bonchev–Trinajstić information content (AvgIpc) is 3.31. The molecule has 8 nitrogen and oxygen atoms in total. The van der Waals surface area contributed by atoms with Crippen molar-refractivity contribution in [3.05, 3.63) is 96.4 Å². The highest BCUT2D eigenvalue weighted by atomic mass is 32.2. The summed E-state index contributed by atoms with van der Waals surface area (Å²) >= 11 is 0. The lowest BCUT2D eigenvalue weighted by atomic mass is 10.2. The van der Waals surface area contributed by atoms with Gasteiger partial charge in [-0.1, -0.05) is 48.0 Å². The molecule has 0 saturated carbocycles. The van der Waals surface area contributed by atoms with E-state index in [-0.39, 0.29) is 23.2 Å². The van der Waals surface area contributed by atoms with Crippen molar-refractivity contribution < 1.29 is 17.6 Å². The Bertz CT molecular complexity index is 1490. The molecule has 0 saturated heterocycles. The molecule has 198 valence electrons. The Morgan fingerprint density at radius 3 is 2.24 bits per heavy atom. The molecule has 1 heterocycles. The molecule has 1 aromatic heterocycles. The number of nitrogens with one attached hydrogen (secondary N) is 1. The number of nitrogens with zero attached hydrogens (tertiary/aromatic N) is 4. The monoisotopic (exact) mass is 535 g/mol. The topological polar surface area (TPSA) is 87.5 Å². The number of sulfonamides is 1. The maximum absolute atomic E-state index is 13.6. The minimum absolute atomic E-state index is 0.119. The molecule has 38 heavy (non-hydrogen) atoms. The van der Waals surface area contributed by atoms with Gasteiger partial charge in [-0.25, -0.2) is 17.8 Å². The van der Waals surface area contributed by atoms with E-state index in [1.54, 1.807) is 47.2 Å². The van der Waals surface area contributed by atoms with Crippen LogP contribution in [0.1, 0.15) is 5.56 Å². The Balaban J connectivity index is 1.63. The van der Waals surface area contributed by atoms with E-state index >= 15 is 0 Å². The van der Waals surface area contributed by atoms with Crippen LogP contribution >= 0.6 is 0 Å². The van der Waals surface area contributed by atoms with Crippen LogP contribution in [0.5, 0.6) is 0 Å². The number of hydrogen-bond donors (Lipinski definition) is 1. The number of rotatable bonds is 10. The summed E-state index contributed by atoms with van der Waals surface area (Å²) in [4.78, 5) is 19.8. The van der Waals surface area contributed by atoms with Crippen molar-refractivity contribution in [3.63, 3.8) is 0 Å². The van der Waals surface area contributed by atoms with E-state index in [1.807, 2.05) is 56.3 Å². The van der Waals surface area contributed by atoms with Crippen molar-refractivity contribution in [1.29, 1.82) is 0 Å². The lowest BCUT2D eigenvalue weighted by Crippen LogP contribution is -2.41. The van der Waals surface area contributed by atoms with Crippen LogP contribution < -0.4 is 5.32 Å². The third kappa shape index (κ3) is 6.52. The fraction of sp³-hybridized carbons (Fsp3) is 0.214. The summed E-state index contributed by atoms with van der Waals surface area (Å²) in [7, 11) is -0.259. The lowest BCUT2D eigenvalue weighted by molar-refractivity contribution is -0.116. The molecule has 0 fully saturated rings. The maximum Gasteiger partial charge on any atom is 0.243 e. The average molecular weight is 536 g/mol. The van der Waals surface area contributed by atoms with Gasteiger partial charge in [-0.3, -0.25) is 14.7 Å². The van der Waals surface area contributed by atoms with Gasteiger partial charge in [0, 0.05) is 30.5 Å². The molecule has 4 rings (SSSR count). The molecule has 3 aromatic carbocycles. The van der Waals surface area contributed by atoms with E-state index in [1.165, 1.54) is 12.1 Å². The smallest absolute Gasteiger partial charge is 0.243 e. The van der Waals surface area contributed by atoms with Crippen molar-refractivity contribution in [1.82, 2.24) is 18.8 Å². The van der Waals surface area contributed by atoms with Crippen LogP contribution in [-0.2, 0) is 14.8 Å². The highest BCUT2D eigenvalue weighted by Gasteiger charge is 2.27. The number of hydrogen-bond acceptors (Lipinski definition) is 5. The first-order valence-corrected chi connectivity index (χ1v) is 13.5. The molecule has 4 aromatic rings. The van der Waals surface area contributed by atoms with E-state index in [2.05, 4.69) is 10.3 Å². The number of amides is 1. The van der Waals surface area contributed by atoms with Crippen molar-refractivity contribution in [2.24, 2.45) is 0 Å². The standard InChI is InChI=1S/C28H30FN5O3S/c1-21-9-15-25(16-10-21)38(36,37)33(18-17-32(2)3)20-27(35)31-28-30-26(22-7-5-4-6-8-22)19-34(28)24-13-11-23(29)12-14-24/h4-16,19H,17-18,20H2,1-3H3,(H,30,31,35). The molecule has 0 aliphatic carbocycles. The normalized spacial score (nSPS) is 11.7. The molecule has 0 bridgehead atoms. The minimum Gasteiger partial charge on any atom is -0.308 e. The summed E-state index contributed by atoms with van der Waals surface area (Å²) in [6.07, 6.45) is 1.74. The maximum atomic E-state index is 13.6. The fourth-order valence-electron chi connectivity index (χ4n) is 3.79. The van der Waals surface area contributed by atoms with Crippen LogP contribution in [0.3, 0.4) is 0 Å². The largest absolute Gasteiger partial charge is 0.308 e. The fourth-order valence-corrected chi connectivity index (χ4v) is 5.18. The molecule has 0 atom stereocenters. The highest BCUT2D eigenvalue weighted by Crippen LogP contribution is 2.25. The highest BCUT2D eigenvalue weighted by molar-refractivity contribution is 7.89. The van der Waals surface area contributed by atoms with Gasteiger partial charge in [-0.2, -0.15) is 4.31 Å². The Kier molecular flexibility index (Phi) is 8.35. The van der Waals surface area contributed by atoms with Gasteiger partial charge in [0.2, 0.25) is 21.9 Å². The van der Waals surface area contributed by atoms with E-state index in [0.717, 1.165) is 15.4 Å². The van der Waals surface area contributed by atoms with Crippen molar-refractivity contribution in [2.45, 2.75) is 11.8 Å². The second-order valence-electron chi connectivity index (χ2n) is 9.17. The molecular weight excluding hydrogens is 505 g/mol. The summed E-state index contributed by atoms with van der Waals surface area (Å²) in [5.74, 6) is -0.741. The number of imidazole rings is 1. The zero-order chi connectivity index (χ0) is 27.3. The first-order chi connectivity index (χ1) is 18.1. The zero-order valence-corrected chi connectivity index (χ0v) is 22.3. The molecule has 0 aliphatic heterocycles. The Hall–Kier alpha value is -3.86. The lowest BCUT2D eigenvalue weighted by Gasteiger charge is -2.23. The van der Waals surface area contributed by atoms with Gasteiger partial charge in [-0.15, -0.1) is 0 Å². The summed E-state index contributed by atoms with van der Waals surface area (Å²) in [5, 5.41) is 2.76. The zero-order valence-electron chi connectivity index (χ0n) is 21.5. The van der Waals surface area contributed by atoms with Crippen LogP contribution in [0.2, 0.25) is 0 Å². The number of carbonyl (C=O) groups excluding carboxylic acids is 1. The van der Waals surface area contributed by atoms with Crippen LogP contribution in [-0.4, -0.2) is 66.8 Å². The van der Waals surface area contributed by atoms with Crippen molar-refractivity contribution in [3.8, 4) is 16.9 Å². The SMILES string of the molecule is Cc1ccc(S(=O)(=O)N(CCN(C)C)CC(=O)Nc2nc(-c3ccccc3)cn2-c2ccc(F)cc2)cc1. The molecule has 0 spiro atoms. The molecule has 0 unspecified atom stereocenters. The van der Waals surface area contributed by atoms with Gasteiger partial charge >= 0.3 is 0 Å². The number of benzene rings is 3. The van der Waals surface area contributed by atoms with Gasteiger partial charge in [0.1, 0.15) is 5.82 Å². The molecule has 10 heteroatoms. The number of anilines is 1. The summed E-state index contributed by atoms with van der Waals surface area (Å²) in [5.41, 5.74) is 2.96. The second-order valence-corrected chi connectivity index (χ2v) is 11.1. The van der Waals surface area contributed by atoms with Gasteiger partial charge in [-0.05, 0) is 57.4 Å². The molecular formula is C28H30FN5O3S. The van der Waals surface area contributed by atoms with Crippen LogP contribution in [0.15, 0.2) is 90.0 Å². The Morgan fingerprint density at radius 2 is 1.61 bits per heavy atom.